The van der Waals surface area contributed by atoms with Crippen LogP contribution >= 0.6 is 0 Å². The Morgan fingerprint density at radius 3 is 2.41 bits per heavy atom. The summed E-state index contributed by atoms with van der Waals surface area (Å²) in [4.78, 5) is 24.3. The number of fused-ring (bicyclic) bond motifs is 2. The second-order valence-electron chi connectivity index (χ2n) is 5.12. The number of rotatable bonds is 0. The highest BCUT2D eigenvalue weighted by molar-refractivity contribution is 5.98. The number of carbonyl (C=O) groups excluding carboxylic acids is 1. The zero-order valence-electron chi connectivity index (χ0n) is 10.2. The van der Waals surface area contributed by atoms with Gasteiger partial charge in [0.05, 0.1) is 5.56 Å². The summed E-state index contributed by atoms with van der Waals surface area (Å²) in [5, 5.41) is 0. The fourth-order valence-corrected chi connectivity index (χ4v) is 3.24. The number of pyridine rings is 1. The molecule has 0 fully saturated rings. The molecule has 2 aliphatic carbocycles. The van der Waals surface area contributed by atoms with Crippen LogP contribution in [0.5, 0.6) is 0 Å². The van der Waals surface area contributed by atoms with E-state index in [4.69, 9.17) is 0 Å². The molecule has 0 N–H and O–H groups in total. The summed E-state index contributed by atoms with van der Waals surface area (Å²) in [6.07, 6.45) is 6.38. The van der Waals surface area contributed by atoms with Crippen molar-refractivity contribution in [2.75, 3.05) is 0 Å². The molecule has 0 saturated carbocycles. The summed E-state index contributed by atoms with van der Waals surface area (Å²) < 4.78 is 2.13. The lowest BCUT2D eigenvalue weighted by Gasteiger charge is -2.26. The van der Waals surface area contributed by atoms with E-state index in [0.29, 0.717) is 12.0 Å². The molecule has 0 radical (unpaired) electrons. The van der Waals surface area contributed by atoms with Crippen LogP contribution in [0.1, 0.15) is 53.0 Å². The zero-order chi connectivity index (χ0) is 12.0. The Hall–Kier alpha value is -1.38. The van der Waals surface area contributed by atoms with E-state index < -0.39 is 0 Å². The lowest BCUT2D eigenvalue weighted by Crippen LogP contribution is -2.32. The zero-order valence-corrected chi connectivity index (χ0v) is 10.2. The van der Waals surface area contributed by atoms with Crippen molar-refractivity contribution >= 4 is 5.78 Å². The van der Waals surface area contributed by atoms with E-state index in [0.717, 1.165) is 49.8 Å². The molecule has 0 saturated heterocycles. The van der Waals surface area contributed by atoms with Gasteiger partial charge in [-0.25, -0.2) is 0 Å². The SMILES string of the molecule is Cn1c2c(c(=O)c3c1CCCC3=O)CCCC2. The number of hydrogen-bond acceptors (Lipinski definition) is 2. The van der Waals surface area contributed by atoms with Crippen LogP contribution in [0.3, 0.4) is 0 Å². The molecule has 3 rings (SSSR count). The number of ketones is 1. The van der Waals surface area contributed by atoms with Crippen molar-refractivity contribution < 1.29 is 4.79 Å². The largest absolute Gasteiger partial charge is 0.350 e. The van der Waals surface area contributed by atoms with Gasteiger partial charge in [-0.15, -0.1) is 0 Å². The fourth-order valence-electron chi connectivity index (χ4n) is 3.24. The molecular formula is C14H17NO2. The third kappa shape index (κ3) is 1.48. The predicted molar refractivity (Wildman–Crippen MR) is 65.6 cm³/mol. The van der Waals surface area contributed by atoms with Crippen LogP contribution < -0.4 is 5.43 Å². The summed E-state index contributed by atoms with van der Waals surface area (Å²) >= 11 is 0. The highest BCUT2D eigenvalue weighted by Crippen LogP contribution is 2.25. The minimum Gasteiger partial charge on any atom is -0.350 e. The van der Waals surface area contributed by atoms with Gasteiger partial charge in [-0.2, -0.15) is 0 Å². The lowest BCUT2D eigenvalue weighted by atomic mass is 9.87. The van der Waals surface area contributed by atoms with Gasteiger partial charge in [0.1, 0.15) is 0 Å². The topological polar surface area (TPSA) is 39.1 Å². The summed E-state index contributed by atoms with van der Waals surface area (Å²) in [6.45, 7) is 0. The first-order valence-corrected chi connectivity index (χ1v) is 6.47. The van der Waals surface area contributed by atoms with Crippen molar-refractivity contribution in [3.8, 4) is 0 Å². The first kappa shape index (κ1) is 10.8. The van der Waals surface area contributed by atoms with Gasteiger partial charge in [0.2, 0.25) is 0 Å². The first-order valence-electron chi connectivity index (χ1n) is 6.47. The van der Waals surface area contributed by atoms with E-state index in [-0.39, 0.29) is 11.2 Å². The van der Waals surface area contributed by atoms with E-state index in [9.17, 15) is 9.59 Å². The van der Waals surface area contributed by atoms with Crippen LogP contribution in [0, 0.1) is 0 Å². The average molecular weight is 231 g/mol. The van der Waals surface area contributed by atoms with Crippen molar-refractivity contribution in [2.24, 2.45) is 7.05 Å². The van der Waals surface area contributed by atoms with Crippen LogP contribution in [-0.2, 0) is 26.3 Å². The molecule has 1 aromatic rings. The molecule has 17 heavy (non-hydrogen) atoms. The van der Waals surface area contributed by atoms with Crippen molar-refractivity contribution in [1.29, 1.82) is 0 Å². The number of Topliss-reactive ketones (excluding diaryl/α,β-unsaturated/α-hetero) is 1. The van der Waals surface area contributed by atoms with Crippen molar-refractivity contribution in [2.45, 2.75) is 44.9 Å². The Kier molecular flexibility index (Phi) is 2.42. The molecular weight excluding hydrogens is 214 g/mol. The highest BCUT2D eigenvalue weighted by Gasteiger charge is 2.27. The van der Waals surface area contributed by atoms with Crippen LogP contribution in [0.4, 0.5) is 0 Å². The average Bonchev–Trinajstić information content (AvgIpc) is 2.36. The fraction of sp³-hybridized carbons (Fsp3) is 0.571. The van der Waals surface area contributed by atoms with Crippen LogP contribution in [0.25, 0.3) is 0 Å². The van der Waals surface area contributed by atoms with Gasteiger partial charge in [-0.1, -0.05) is 0 Å². The molecule has 3 heteroatoms. The van der Waals surface area contributed by atoms with Gasteiger partial charge in [0, 0.05) is 30.4 Å². The van der Waals surface area contributed by atoms with E-state index in [2.05, 4.69) is 4.57 Å². The second kappa shape index (κ2) is 3.83. The molecule has 0 atom stereocenters. The van der Waals surface area contributed by atoms with Gasteiger partial charge in [0.15, 0.2) is 11.2 Å². The standard InChI is InChI=1S/C14H17NO2/c1-15-10-6-3-2-5-9(10)14(17)13-11(15)7-4-8-12(13)16/h2-8H2,1H3. The first-order chi connectivity index (χ1) is 8.20. The Labute approximate surface area is 100 Å². The number of carbonyl (C=O) groups is 1. The molecule has 3 nitrogen and oxygen atoms in total. The van der Waals surface area contributed by atoms with Crippen LogP contribution in [-0.4, -0.2) is 10.4 Å². The second-order valence-corrected chi connectivity index (χ2v) is 5.12. The van der Waals surface area contributed by atoms with Gasteiger partial charge in [-0.05, 0) is 38.5 Å². The summed E-state index contributed by atoms with van der Waals surface area (Å²) in [7, 11) is 2.01. The third-order valence-electron chi connectivity index (χ3n) is 4.13. The molecule has 0 aromatic carbocycles. The summed E-state index contributed by atoms with van der Waals surface area (Å²) in [5.41, 5.74) is 3.60. The highest BCUT2D eigenvalue weighted by atomic mass is 16.1. The maximum Gasteiger partial charge on any atom is 0.196 e. The molecule has 0 spiro atoms. The van der Waals surface area contributed by atoms with Gasteiger partial charge in [0.25, 0.3) is 0 Å². The normalized spacial score (nSPS) is 18.8. The smallest absolute Gasteiger partial charge is 0.196 e. The summed E-state index contributed by atoms with van der Waals surface area (Å²) in [6, 6.07) is 0. The maximum absolute atomic E-state index is 12.4. The van der Waals surface area contributed by atoms with Crippen molar-refractivity contribution in [3.05, 3.63) is 32.7 Å². The Balaban J connectivity index is 2.34. The monoisotopic (exact) mass is 231 g/mol. The Morgan fingerprint density at radius 2 is 1.59 bits per heavy atom. The minimum atomic E-state index is 0.0394. The predicted octanol–water partition coefficient (Wildman–Crippen LogP) is 1.78. The van der Waals surface area contributed by atoms with Gasteiger partial charge >= 0.3 is 0 Å². The van der Waals surface area contributed by atoms with Crippen LogP contribution in [0.2, 0.25) is 0 Å². The molecule has 0 amide bonds. The van der Waals surface area contributed by atoms with E-state index in [1.54, 1.807) is 0 Å². The number of nitrogens with zero attached hydrogens (tertiary/aromatic N) is 1. The van der Waals surface area contributed by atoms with Crippen molar-refractivity contribution in [3.63, 3.8) is 0 Å². The maximum atomic E-state index is 12.4. The minimum absolute atomic E-state index is 0.0394. The number of aromatic nitrogens is 1. The molecule has 1 aromatic heterocycles. The summed E-state index contributed by atoms with van der Waals surface area (Å²) in [5.74, 6) is 0.0558. The number of hydrogen-bond donors (Lipinski definition) is 0. The molecule has 1 heterocycles. The quantitative estimate of drug-likeness (QED) is 0.682. The lowest BCUT2D eigenvalue weighted by molar-refractivity contribution is 0.0969. The van der Waals surface area contributed by atoms with E-state index in [1.165, 1.54) is 5.69 Å². The third-order valence-corrected chi connectivity index (χ3v) is 4.13. The van der Waals surface area contributed by atoms with E-state index in [1.807, 2.05) is 7.05 Å². The van der Waals surface area contributed by atoms with Crippen LogP contribution in [0.15, 0.2) is 4.79 Å². The van der Waals surface area contributed by atoms with E-state index >= 15 is 0 Å². The Bertz CT molecular complexity index is 554. The van der Waals surface area contributed by atoms with Gasteiger partial charge in [-0.3, -0.25) is 9.59 Å². The molecule has 0 bridgehead atoms. The molecule has 2 aliphatic rings. The van der Waals surface area contributed by atoms with Gasteiger partial charge < -0.3 is 4.57 Å². The Morgan fingerprint density at radius 1 is 0.882 bits per heavy atom. The molecule has 0 unspecified atom stereocenters. The molecule has 90 valence electrons. The molecule has 0 aliphatic heterocycles. The van der Waals surface area contributed by atoms with Crippen molar-refractivity contribution in [1.82, 2.24) is 4.57 Å².